The van der Waals surface area contributed by atoms with Crippen LogP contribution in [0, 0.1) is 19.3 Å². The van der Waals surface area contributed by atoms with Crippen molar-refractivity contribution in [2.45, 2.75) is 46.5 Å². The van der Waals surface area contributed by atoms with E-state index in [1.165, 1.54) is 0 Å². The van der Waals surface area contributed by atoms with Crippen molar-refractivity contribution < 1.29 is 9.53 Å². The van der Waals surface area contributed by atoms with Crippen molar-refractivity contribution in [1.29, 1.82) is 0 Å². The van der Waals surface area contributed by atoms with Gasteiger partial charge >= 0.3 is 0 Å². The predicted octanol–water partition coefficient (Wildman–Crippen LogP) is 3.66. The Morgan fingerprint density at radius 2 is 2.14 bits per heavy atom. The number of methoxy groups -OCH3 is 1. The molecular formula is C18H27NO2. The normalized spacial score (nSPS) is 22.1. The molecule has 1 unspecified atom stereocenters. The van der Waals surface area contributed by atoms with E-state index in [4.69, 9.17) is 4.74 Å². The lowest BCUT2D eigenvalue weighted by molar-refractivity contribution is 0.0714. The van der Waals surface area contributed by atoms with E-state index in [1.54, 1.807) is 7.11 Å². The van der Waals surface area contributed by atoms with Gasteiger partial charge in [0, 0.05) is 12.0 Å². The number of ether oxygens (including phenoxy) is 1. The number of carbonyl (C=O) groups excluding carboxylic acids is 1. The molecule has 0 radical (unpaired) electrons. The van der Waals surface area contributed by atoms with Gasteiger partial charge in [-0.05, 0) is 56.8 Å². The van der Waals surface area contributed by atoms with Crippen molar-refractivity contribution in [3.05, 3.63) is 28.8 Å². The van der Waals surface area contributed by atoms with Crippen molar-refractivity contribution in [2.24, 2.45) is 5.41 Å². The topological polar surface area (TPSA) is 38.3 Å². The van der Waals surface area contributed by atoms with E-state index in [2.05, 4.69) is 19.2 Å². The Balaban J connectivity index is 2.44. The maximum atomic E-state index is 13.2. The quantitative estimate of drug-likeness (QED) is 0.841. The van der Waals surface area contributed by atoms with Gasteiger partial charge in [0.2, 0.25) is 0 Å². The molecule has 1 fully saturated rings. The van der Waals surface area contributed by atoms with Crippen molar-refractivity contribution in [3.63, 3.8) is 0 Å². The summed E-state index contributed by atoms with van der Waals surface area (Å²) in [5, 5.41) is 3.41. The van der Waals surface area contributed by atoms with E-state index < -0.39 is 0 Å². The standard InChI is InChI=1S/C18H27NO2/c1-5-9-18(10-6-11-19-12-18)17(20)15-8-7-13(2)14(3)16(15)21-4/h7-8,19H,5-6,9-12H2,1-4H3. The first-order chi connectivity index (χ1) is 10.1. The second-order valence-electron chi connectivity index (χ2n) is 6.23. The Morgan fingerprint density at radius 3 is 2.71 bits per heavy atom. The molecule has 2 rings (SSSR count). The minimum Gasteiger partial charge on any atom is -0.496 e. The molecule has 1 N–H and O–H groups in total. The van der Waals surface area contributed by atoms with Gasteiger partial charge in [-0.3, -0.25) is 4.79 Å². The number of hydrogen-bond acceptors (Lipinski definition) is 3. The highest BCUT2D eigenvalue weighted by Crippen LogP contribution is 2.38. The molecule has 0 saturated carbocycles. The third-order valence-electron chi connectivity index (χ3n) is 4.81. The van der Waals surface area contributed by atoms with Crippen molar-refractivity contribution in [2.75, 3.05) is 20.2 Å². The Morgan fingerprint density at radius 1 is 1.38 bits per heavy atom. The molecule has 0 spiro atoms. The zero-order valence-electron chi connectivity index (χ0n) is 13.7. The van der Waals surface area contributed by atoms with E-state index in [0.717, 1.165) is 61.2 Å². The first kappa shape index (κ1) is 16.0. The van der Waals surface area contributed by atoms with Gasteiger partial charge in [0.1, 0.15) is 5.75 Å². The SMILES string of the molecule is CCCC1(C(=O)c2ccc(C)c(C)c2OC)CCCNC1. The third-order valence-corrected chi connectivity index (χ3v) is 4.81. The van der Waals surface area contributed by atoms with Gasteiger partial charge < -0.3 is 10.1 Å². The molecule has 0 aromatic heterocycles. The molecule has 1 aromatic carbocycles. The minimum absolute atomic E-state index is 0.247. The number of rotatable bonds is 5. The van der Waals surface area contributed by atoms with Crippen LogP contribution in [-0.2, 0) is 0 Å². The van der Waals surface area contributed by atoms with E-state index in [-0.39, 0.29) is 11.2 Å². The van der Waals surface area contributed by atoms with Crippen LogP contribution in [-0.4, -0.2) is 26.0 Å². The summed E-state index contributed by atoms with van der Waals surface area (Å²) in [6, 6.07) is 3.97. The van der Waals surface area contributed by atoms with E-state index in [1.807, 2.05) is 19.1 Å². The van der Waals surface area contributed by atoms with E-state index >= 15 is 0 Å². The average Bonchev–Trinajstić information content (AvgIpc) is 2.50. The van der Waals surface area contributed by atoms with Crippen molar-refractivity contribution >= 4 is 5.78 Å². The average molecular weight is 289 g/mol. The number of nitrogens with one attached hydrogen (secondary N) is 1. The molecule has 0 bridgehead atoms. The van der Waals surface area contributed by atoms with Crippen LogP contribution >= 0.6 is 0 Å². The van der Waals surface area contributed by atoms with Crippen LogP contribution < -0.4 is 10.1 Å². The highest BCUT2D eigenvalue weighted by molar-refractivity contribution is 6.03. The fourth-order valence-corrected chi connectivity index (χ4v) is 3.48. The number of piperidine rings is 1. The molecule has 1 aliphatic heterocycles. The van der Waals surface area contributed by atoms with Gasteiger partial charge in [-0.15, -0.1) is 0 Å². The summed E-state index contributed by atoms with van der Waals surface area (Å²) < 4.78 is 5.55. The molecule has 1 saturated heterocycles. The maximum absolute atomic E-state index is 13.2. The summed E-state index contributed by atoms with van der Waals surface area (Å²) in [5.74, 6) is 0.998. The number of benzene rings is 1. The van der Waals surface area contributed by atoms with Gasteiger partial charge in [-0.1, -0.05) is 19.4 Å². The summed E-state index contributed by atoms with van der Waals surface area (Å²) >= 11 is 0. The van der Waals surface area contributed by atoms with Crippen molar-refractivity contribution in [1.82, 2.24) is 5.32 Å². The molecule has 0 aliphatic carbocycles. The number of carbonyl (C=O) groups is 1. The predicted molar refractivity (Wildman–Crippen MR) is 86.2 cm³/mol. The summed E-state index contributed by atoms with van der Waals surface area (Å²) in [5.41, 5.74) is 2.72. The van der Waals surface area contributed by atoms with Gasteiger partial charge in [-0.25, -0.2) is 0 Å². The molecule has 0 amide bonds. The van der Waals surface area contributed by atoms with Gasteiger partial charge in [0.05, 0.1) is 12.7 Å². The second kappa shape index (κ2) is 6.61. The lowest BCUT2D eigenvalue weighted by Crippen LogP contribution is -2.45. The number of ketones is 1. The van der Waals surface area contributed by atoms with Crippen LogP contribution in [0.4, 0.5) is 0 Å². The molecule has 1 aromatic rings. The lowest BCUT2D eigenvalue weighted by Gasteiger charge is -2.36. The molecule has 3 nitrogen and oxygen atoms in total. The first-order valence-corrected chi connectivity index (χ1v) is 7.95. The zero-order valence-corrected chi connectivity index (χ0v) is 13.7. The fraction of sp³-hybridized carbons (Fsp3) is 0.611. The Kier molecular flexibility index (Phi) is 5.04. The maximum Gasteiger partial charge on any atom is 0.174 e. The molecule has 1 aliphatic rings. The number of aryl methyl sites for hydroxylation is 1. The molecular weight excluding hydrogens is 262 g/mol. The summed E-state index contributed by atoms with van der Waals surface area (Å²) in [7, 11) is 1.66. The molecule has 3 heteroatoms. The Bertz CT molecular complexity index is 511. The van der Waals surface area contributed by atoms with Crippen LogP contribution in [0.25, 0.3) is 0 Å². The monoisotopic (exact) mass is 289 g/mol. The smallest absolute Gasteiger partial charge is 0.174 e. The molecule has 1 atom stereocenters. The lowest BCUT2D eigenvalue weighted by atomic mass is 9.71. The van der Waals surface area contributed by atoms with Crippen LogP contribution in [0.15, 0.2) is 12.1 Å². The molecule has 1 heterocycles. The number of hydrogen-bond donors (Lipinski definition) is 1. The highest BCUT2D eigenvalue weighted by Gasteiger charge is 2.40. The Labute approximate surface area is 128 Å². The third kappa shape index (κ3) is 2.98. The Hall–Kier alpha value is -1.35. The summed E-state index contributed by atoms with van der Waals surface area (Å²) in [6.45, 7) is 8.03. The summed E-state index contributed by atoms with van der Waals surface area (Å²) in [6.07, 6.45) is 4.01. The molecule has 21 heavy (non-hydrogen) atoms. The minimum atomic E-state index is -0.262. The van der Waals surface area contributed by atoms with Crippen LogP contribution in [0.3, 0.4) is 0 Å². The van der Waals surface area contributed by atoms with E-state index in [9.17, 15) is 4.79 Å². The molecule has 116 valence electrons. The largest absolute Gasteiger partial charge is 0.496 e. The first-order valence-electron chi connectivity index (χ1n) is 7.95. The van der Waals surface area contributed by atoms with E-state index in [0.29, 0.717) is 0 Å². The summed E-state index contributed by atoms with van der Waals surface area (Å²) in [4.78, 5) is 13.2. The second-order valence-corrected chi connectivity index (χ2v) is 6.23. The van der Waals surface area contributed by atoms with Crippen LogP contribution in [0.1, 0.15) is 54.1 Å². The number of Topliss-reactive ketones (excluding diaryl/α,β-unsaturated/α-hetero) is 1. The van der Waals surface area contributed by atoms with Crippen LogP contribution in [0.5, 0.6) is 5.75 Å². The van der Waals surface area contributed by atoms with Crippen LogP contribution in [0.2, 0.25) is 0 Å². The fourth-order valence-electron chi connectivity index (χ4n) is 3.48. The van der Waals surface area contributed by atoms with Crippen molar-refractivity contribution in [3.8, 4) is 5.75 Å². The van der Waals surface area contributed by atoms with Gasteiger partial charge in [0.25, 0.3) is 0 Å². The zero-order chi connectivity index (χ0) is 15.5. The van der Waals surface area contributed by atoms with Gasteiger partial charge in [0.15, 0.2) is 5.78 Å². The van der Waals surface area contributed by atoms with Gasteiger partial charge in [-0.2, -0.15) is 0 Å². The highest BCUT2D eigenvalue weighted by atomic mass is 16.5.